The Labute approximate surface area is 190 Å². The number of ether oxygens (including phenoxy) is 1. The lowest BCUT2D eigenvalue weighted by atomic mass is 10.1. The van der Waals surface area contributed by atoms with Gasteiger partial charge in [0, 0.05) is 18.8 Å². The van der Waals surface area contributed by atoms with Gasteiger partial charge in [0.05, 0.1) is 12.9 Å². The fourth-order valence-electron chi connectivity index (χ4n) is 3.07. The molecule has 0 aliphatic carbocycles. The number of nitrogens with zero attached hydrogens (tertiary/aromatic N) is 1. The molecular formula is C25H34N2O3S. The van der Waals surface area contributed by atoms with Crippen LogP contribution in [0.1, 0.15) is 37.5 Å². The minimum Gasteiger partial charge on any atom is -0.497 e. The topological polar surface area (TPSA) is 58.6 Å². The van der Waals surface area contributed by atoms with Crippen molar-refractivity contribution in [2.24, 2.45) is 5.92 Å². The van der Waals surface area contributed by atoms with Crippen molar-refractivity contribution < 1.29 is 14.3 Å². The van der Waals surface area contributed by atoms with Crippen LogP contribution < -0.4 is 10.1 Å². The first-order valence-electron chi connectivity index (χ1n) is 10.6. The molecule has 0 aliphatic heterocycles. The second-order valence-corrected chi connectivity index (χ2v) is 9.09. The summed E-state index contributed by atoms with van der Waals surface area (Å²) in [6.07, 6.45) is 0. The van der Waals surface area contributed by atoms with Crippen LogP contribution in [0, 0.1) is 12.8 Å². The molecular weight excluding hydrogens is 408 g/mol. The first-order valence-corrected chi connectivity index (χ1v) is 11.8. The summed E-state index contributed by atoms with van der Waals surface area (Å²) < 4.78 is 5.22. The molecule has 0 saturated carbocycles. The van der Waals surface area contributed by atoms with Gasteiger partial charge in [0.1, 0.15) is 11.8 Å². The highest BCUT2D eigenvalue weighted by Gasteiger charge is 2.26. The number of rotatable bonds is 11. The van der Waals surface area contributed by atoms with E-state index in [1.54, 1.807) is 30.7 Å². The van der Waals surface area contributed by atoms with Gasteiger partial charge < -0.3 is 15.0 Å². The molecule has 2 rings (SSSR count). The maximum atomic E-state index is 13.1. The molecule has 0 unspecified atom stereocenters. The molecule has 1 N–H and O–H groups in total. The Balaban J connectivity index is 2.07. The Morgan fingerprint density at radius 3 is 2.35 bits per heavy atom. The van der Waals surface area contributed by atoms with Crippen LogP contribution in [0.15, 0.2) is 48.5 Å². The Morgan fingerprint density at radius 2 is 1.74 bits per heavy atom. The molecule has 0 saturated heterocycles. The first-order chi connectivity index (χ1) is 14.8. The van der Waals surface area contributed by atoms with Gasteiger partial charge in [-0.05, 0) is 48.6 Å². The second-order valence-electron chi connectivity index (χ2n) is 8.10. The van der Waals surface area contributed by atoms with Crippen molar-refractivity contribution in [1.29, 1.82) is 0 Å². The van der Waals surface area contributed by atoms with E-state index in [4.69, 9.17) is 4.74 Å². The van der Waals surface area contributed by atoms with E-state index in [2.05, 4.69) is 24.4 Å². The van der Waals surface area contributed by atoms with E-state index in [9.17, 15) is 9.59 Å². The van der Waals surface area contributed by atoms with Gasteiger partial charge >= 0.3 is 0 Å². The highest BCUT2D eigenvalue weighted by Crippen LogP contribution is 2.19. The van der Waals surface area contributed by atoms with Crippen molar-refractivity contribution in [2.45, 2.75) is 46.0 Å². The van der Waals surface area contributed by atoms with Crippen molar-refractivity contribution in [2.75, 3.05) is 19.4 Å². The van der Waals surface area contributed by atoms with Gasteiger partial charge in [-0.25, -0.2) is 0 Å². The fraction of sp³-hybridized carbons (Fsp3) is 0.440. The van der Waals surface area contributed by atoms with E-state index in [-0.39, 0.29) is 11.8 Å². The van der Waals surface area contributed by atoms with Crippen LogP contribution in [0.3, 0.4) is 0 Å². The number of hydrogen-bond donors (Lipinski definition) is 1. The average molecular weight is 443 g/mol. The van der Waals surface area contributed by atoms with Gasteiger partial charge in [0.2, 0.25) is 11.8 Å². The van der Waals surface area contributed by atoms with Crippen LogP contribution in [-0.2, 0) is 21.9 Å². The smallest absolute Gasteiger partial charge is 0.242 e. The third kappa shape index (κ3) is 7.94. The minimum atomic E-state index is -0.549. The van der Waals surface area contributed by atoms with Gasteiger partial charge in [0.15, 0.2) is 0 Å². The van der Waals surface area contributed by atoms with Crippen molar-refractivity contribution in [3.05, 3.63) is 65.2 Å². The van der Waals surface area contributed by atoms with Crippen LogP contribution in [0.2, 0.25) is 0 Å². The molecule has 0 radical (unpaired) electrons. The highest BCUT2D eigenvalue weighted by molar-refractivity contribution is 7.99. The number of thioether (sulfide) groups is 1. The van der Waals surface area contributed by atoms with E-state index >= 15 is 0 Å². The zero-order valence-electron chi connectivity index (χ0n) is 19.2. The number of methoxy groups -OCH3 is 1. The van der Waals surface area contributed by atoms with Gasteiger partial charge in [-0.1, -0.05) is 50.2 Å². The summed E-state index contributed by atoms with van der Waals surface area (Å²) in [6.45, 7) is 8.94. The number of carbonyl (C=O) groups excluding carboxylic acids is 2. The lowest BCUT2D eigenvalue weighted by molar-refractivity contribution is -0.138. The van der Waals surface area contributed by atoms with E-state index < -0.39 is 6.04 Å². The molecule has 2 aromatic rings. The Bertz CT molecular complexity index is 852. The Kier molecular flexibility index (Phi) is 9.92. The minimum absolute atomic E-state index is 0.0402. The van der Waals surface area contributed by atoms with Crippen molar-refractivity contribution in [3.8, 4) is 5.75 Å². The second kappa shape index (κ2) is 12.4. The Morgan fingerprint density at radius 1 is 1.06 bits per heavy atom. The van der Waals surface area contributed by atoms with Gasteiger partial charge in [-0.2, -0.15) is 0 Å². The number of hydrogen-bond acceptors (Lipinski definition) is 4. The summed E-state index contributed by atoms with van der Waals surface area (Å²) in [5, 5.41) is 2.95. The maximum absolute atomic E-state index is 13.1. The van der Waals surface area contributed by atoms with Crippen LogP contribution >= 0.6 is 11.8 Å². The molecule has 31 heavy (non-hydrogen) atoms. The van der Waals surface area contributed by atoms with Crippen LogP contribution in [0.5, 0.6) is 5.75 Å². The Hall–Kier alpha value is -2.47. The number of aryl methyl sites for hydroxylation is 1. The molecule has 1 atom stereocenters. The van der Waals surface area contributed by atoms with Gasteiger partial charge in [-0.15, -0.1) is 11.8 Å². The van der Waals surface area contributed by atoms with Crippen LogP contribution in [0.25, 0.3) is 0 Å². The van der Waals surface area contributed by atoms with Crippen molar-refractivity contribution in [3.63, 3.8) is 0 Å². The standard InChI is InChI=1S/C25H34N2O3S/c1-18(2)14-26-25(29)20(4)27(15-21-10-12-23(30-5)13-11-21)24(28)17-31-16-22-9-7-6-8-19(22)3/h6-13,18,20H,14-17H2,1-5H3,(H,26,29)/t20-/m1/s1. The van der Waals surface area contributed by atoms with Crippen LogP contribution in [-0.4, -0.2) is 42.2 Å². The average Bonchev–Trinajstić information content (AvgIpc) is 2.76. The zero-order valence-corrected chi connectivity index (χ0v) is 20.0. The first kappa shape index (κ1) is 24.8. The number of carbonyl (C=O) groups is 2. The maximum Gasteiger partial charge on any atom is 0.242 e. The molecule has 2 aromatic carbocycles. The summed E-state index contributed by atoms with van der Waals surface area (Å²) in [5.41, 5.74) is 3.41. The van der Waals surface area contributed by atoms with E-state index in [0.29, 0.717) is 24.8 Å². The highest BCUT2D eigenvalue weighted by atomic mass is 32.2. The zero-order chi connectivity index (χ0) is 22.8. The monoisotopic (exact) mass is 442 g/mol. The number of amides is 2. The third-order valence-corrected chi connectivity index (χ3v) is 6.07. The lowest BCUT2D eigenvalue weighted by Gasteiger charge is -2.29. The summed E-state index contributed by atoms with van der Waals surface area (Å²) in [6, 6.07) is 15.2. The largest absolute Gasteiger partial charge is 0.497 e. The fourth-order valence-corrected chi connectivity index (χ4v) is 4.05. The summed E-state index contributed by atoms with van der Waals surface area (Å²) in [7, 11) is 1.62. The molecule has 0 aliphatic rings. The van der Waals surface area contributed by atoms with Crippen LogP contribution in [0.4, 0.5) is 0 Å². The normalized spacial score (nSPS) is 11.8. The molecule has 0 aromatic heterocycles. The number of nitrogens with one attached hydrogen (secondary N) is 1. The molecule has 0 heterocycles. The third-order valence-electron chi connectivity index (χ3n) is 5.11. The molecule has 5 nitrogen and oxygen atoms in total. The predicted molar refractivity (Wildman–Crippen MR) is 128 cm³/mol. The summed E-state index contributed by atoms with van der Waals surface area (Å²) >= 11 is 1.58. The molecule has 0 bridgehead atoms. The van der Waals surface area contributed by atoms with Gasteiger partial charge in [-0.3, -0.25) is 9.59 Å². The van der Waals surface area contributed by atoms with Gasteiger partial charge in [0.25, 0.3) is 0 Å². The molecule has 2 amide bonds. The molecule has 6 heteroatoms. The number of benzene rings is 2. The van der Waals surface area contributed by atoms with E-state index in [0.717, 1.165) is 17.1 Å². The van der Waals surface area contributed by atoms with Crippen molar-refractivity contribution >= 4 is 23.6 Å². The van der Waals surface area contributed by atoms with Crippen molar-refractivity contribution in [1.82, 2.24) is 10.2 Å². The quantitative estimate of drug-likeness (QED) is 0.559. The SMILES string of the molecule is COc1ccc(CN(C(=O)CSCc2ccccc2C)[C@H](C)C(=O)NCC(C)C)cc1. The predicted octanol–water partition coefficient (Wildman–Crippen LogP) is 4.43. The van der Waals surface area contributed by atoms with E-state index in [1.165, 1.54) is 11.1 Å². The lowest BCUT2D eigenvalue weighted by Crippen LogP contribution is -2.48. The summed E-state index contributed by atoms with van der Waals surface area (Å²) in [5.74, 6) is 2.04. The van der Waals surface area contributed by atoms with E-state index in [1.807, 2.05) is 50.2 Å². The molecule has 0 fully saturated rings. The summed E-state index contributed by atoms with van der Waals surface area (Å²) in [4.78, 5) is 27.5. The molecule has 0 spiro atoms. The molecule has 168 valence electrons.